The number of hydrogen-bond acceptors (Lipinski definition) is 4. The van der Waals surface area contributed by atoms with Gasteiger partial charge in [0, 0.05) is 6.21 Å². The number of aliphatic imine (C=N–C) groups is 1. The highest BCUT2D eigenvalue weighted by Crippen LogP contribution is 2.27. The molecule has 0 bridgehead atoms. The van der Waals surface area contributed by atoms with E-state index in [9.17, 15) is 9.59 Å². The standard InChI is InChI=1S/C16H11Cl2NO5/c17-11-3-2-10(16(22)23)6-13(11)19-7-9-1-4-14(12(18)5-9)24-8-15(20)21/h1-7H,8H2,(H,20,21)(H,22,23). The van der Waals surface area contributed by atoms with E-state index in [1.54, 1.807) is 6.07 Å². The first-order valence-electron chi connectivity index (χ1n) is 6.58. The van der Waals surface area contributed by atoms with Gasteiger partial charge in [-0.2, -0.15) is 0 Å². The first-order valence-corrected chi connectivity index (χ1v) is 7.33. The molecule has 0 aliphatic heterocycles. The third-order valence-corrected chi connectivity index (χ3v) is 3.47. The highest BCUT2D eigenvalue weighted by atomic mass is 35.5. The number of carboxylic acid groups (broad SMARTS) is 2. The van der Waals surface area contributed by atoms with E-state index in [1.807, 2.05) is 0 Å². The molecular formula is C16H11Cl2NO5. The highest BCUT2D eigenvalue weighted by molar-refractivity contribution is 6.33. The third-order valence-electron chi connectivity index (χ3n) is 2.85. The topological polar surface area (TPSA) is 96.2 Å². The second kappa shape index (κ2) is 7.81. The summed E-state index contributed by atoms with van der Waals surface area (Å²) in [7, 11) is 0. The Morgan fingerprint density at radius 1 is 1.08 bits per heavy atom. The molecule has 24 heavy (non-hydrogen) atoms. The molecular weight excluding hydrogens is 357 g/mol. The summed E-state index contributed by atoms with van der Waals surface area (Å²) in [5.74, 6) is -1.95. The van der Waals surface area contributed by atoms with Gasteiger partial charge in [-0.1, -0.05) is 23.2 Å². The van der Waals surface area contributed by atoms with Gasteiger partial charge >= 0.3 is 11.9 Å². The summed E-state index contributed by atoms with van der Waals surface area (Å²) < 4.78 is 5.01. The van der Waals surface area contributed by atoms with Crippen LogP contribution in [0.25, 0.3) is 0 Å². The first kappa shape index (κ1) is 17.8. The van der Waals surface area contributed by atoms with Gasteiger partial charge in [0.15, 0.2) is 6.61 Å². The SMILES string of the molecule is O=C(O)COc1ccc(C=Nc2cc(C(=O)O)ccc2Cl)cc1Cl. The maximum Gasteiger partial charge on any atom is 0.341 e. The molecule has 8 heteroatoms. The van der Waals surface area contributed by atoms with Gasteiger partial charge in [-0.15, -0.1) is 0 Å². The molecule has 0 fully saturated rings. The van der Waals surface area contributed by atoms with Gasteiger partial charge in [-0.3, -0.25) is 4.99 Å². The Morgan fingerprint density at radius 3 is 2.46 bits per heavy atom. The van der Waals surface area contributed by atoms with Crippen molar-refractivity contribution >= 4 is 47.0 Å². The van der Waals surface area contributed by atoms with Gasteiger partial charge in [-0.25, -0.2) is 9.59 Å². The minimum atomic E-state index is -1.11. The molecule has 124 valence electrons. The molecule has 6 nitrogen and oxygen atoms in total. The zero-order valence-corrected chi connectivity index (χ0v) is 13.6. The number of ether oxygens (including phenoxy) is 1. The number of aliphatic carboxylic acids is 1. The number of hydrogen-bond donors (Lipinski definition) is 2. The fourth-order valence-electron chi connectivity index (χ4n) is 1.74. The van der Waals surface area contributed by atoms with Crippen LogP contribution in [0.2, 0.25) is 10.0 Å². The molecule has 0 amide bonds. The van der Waals surface area contributed by atoms with Gasteiger partial charge in [0.1, 0.15) is 5.75 Å². The molecule has 0 radical (unpaired) electrons. The Labute approximate surface area is 146 Å². The monoisotopic (exact) mass is 367 g/mol. The number of benzene rings is 2. The van der Waals surface area contributed by atoms with Gasteiger partial charge in [0.25, 0.3) is 0 Å². The zero-order chi connectivity index (χ0) is 17.7. The van der Waals surface area contributed by atoms with E-state index >= 15 is 0 Å². The van der Waals surface area contributed by atoms with Crippen molar-refractivity contribution in [2.24, 2.45) is 4.99 Å². The normalized spacial score (nSPS) is 10.8. The summed E-state index contributed by atoms with van der Waals surface area (Å²) >= 11 is 12.0. The summed E-state index contributed by atoms with van der Waals surface area (Å²) in [5.41, 5.74) is 0.986. The highest BCUT2D eigenvalue weighted by Gasteiger charge is 2.07. The Kier molecular flexibility index (Phi) is 5.78. The van der Waals surface area contributed by atoms with Crippen molar-refractivity contribution in [3.8, 4) is 5.75 Å². The molecule has 0 aromatic heterocycles. The number of carbonyl (C=O) groups is 2. The molecule has 0 heterocycles. The number of carboxylic acids is 2. The Balaban J connectivity index is 2.20. The minimum Gasteiger partial charge on any atom is -0.480 e. The van der Waals surface area contributed by atoms with Crippen LogP contribution in [-0.2, 0) is 4.79 Å². The van der Waals surface area contributed by atoms with Gasteiger partial charge in [0.05, 0.1) is 21.3 Å². The molecule has 2 rings (SSSR count). The number of halogens is 2. The van der Waals surface area contributed by atoms with E-state index in [0.717, 1.165) is 0 Å². The summed E-state index contributed by atoms with van der Waals surface area (Å²) in [5, 5.41) is 18.1. The van der Waals surface area contributed by atoms with Crippen molar-refractivity contribution in [2.45, 2.75) is 0 Å². The van der Waals surface area contributed by atoms with Crippen LogP contribution in [0.15, 0.2) is 41.4 Å². The quantitative estimate of drug-likeness (QED) is 0.754. The lowest BCUT2D eigenvalue weighted by molar-refractivity contribution is -0.139. The van der Waals surface area contributed by atoms with Crippen LogP contribution >= 0.6 is 23.2 Å². The van der Waals surface area contributed by atoms with Crippen LogP contribution in [0.3, 0.4) is 0 Å². The van der Waals surface area contributed by atoms with Crippen LogP contribution in [0.1, 0.15) is 15.9 Å². The zero-order valence-electron chi connectivity index (χ0n) is 12.1. The van der Waals surface area contributed by atoms with Gasteiger partial charge < -0.3 is 14.9 Å². The van der Waals surface area contributed by atoms with Crippen molar-refractivity contribution < 1.29 is 24.5 Å². The fraction of sp³-hybridized carbons (Fsp3) is 0.0625. The van der Waals surface area contributed by atoms with E-state index in [1.165, 1.54) is 36.5 Å². The lowest BCUT2D eigenvalue weighted by Gasteiger charge is -2.06. The fourth-order valence-corrected chi connectivity index (χ4v) is 2.15. The van der Waals surface area contributed by atoms with Crippen molar-refractivity contribution in [3.63, 3.8) is 0 Å². The van der Waals surface area contributed by atoms with Gasteiger partial charge in [-0.05, 0) is 42.0 Å². The van der Waals surface area contributed by atoms with E-state index in [0.29, 0.717) is 16.3 Å². The van der Waals surface area contributed by atoms with Crippen molar-refractivity contribution in [1.82, 2.24) is 0 Å². The molecule has 0 aliphatic rings. The van der Waals surface area contributed by atoms with E-state index in [-0.39, 0.29) is 16.3 Å². The molecule has 0 aliphatic carbocycles. The van der Waals surface area contributed by atoms with Crippen LogP contribution in [0.4, 0.5) is 5.69 Å². The molecule has 0 unspecified atom stereocenters. The second-order valence-corrected chi connectivity index (χ2v) is 5.42. The summed E-state index contributed by atoms with van der Waals surface area (Å²) in [6.45, 7) is -0.495. The lowest BCUT2D eigenvalue weighted by Crippen LogP contribution is -2.09. The van der Waals surface area contributed by atoms with Crippen LogP contribution in [-0.4, -0.2) is 35.0 Å². The predicted molar refractivity (Wildman–Crippen MR) is 90.2 cm³/mol. The molecule has 0 spiro atoms. The Bertz CT molecular complexity index is 820. The maximum atomic E-state index is 11.0. The molecule has 2 N–H and O–H groups in total. The molecule has 2 aromatic rings. The molecule has 0 saturated carbocycles. The minimum absolute atomic E-state index is 0.0713. The largest absolute Gasteiger partial charge is 0.480 e. The van der Waals surface area contributed by atoms with Crippen LogP contribution in [0.5, 0.6) is 5.75 Å². The Hall–Kier alpha value is -2.57. The van der Waals surface area contributed by atoms with E-state index < -0.39 is 18.5 Å². The van der Waals surface area contributed by atoms with Crippen LogP contribution in [0, 0.1) is 0 Å². The van der Waals surface area contributed by atoms with Crippen LogP contribution < -0.4 is 4.74 Å². The summed E-state index contributed by atoms with van der Waals surface area (Å²) in [6, 6.07) is 8.87. The number of aromatic carboxylic acids is 1. The van der Waals surface area contributed by atoms with Crippen molar-refractivity contribution in [3.05, 3.63) is 57.6 Å². The van der Waals surface area contributed by atoms with E-state index in [4.69, 9.17) is 38.2 Å². The maximum absolute atomic E-state index is 11.0. The molecule has 0 atom stereocenters. The van der Waals surface area contributed by atoms with Crippen molar-refractivity contribution in [2.75, 3.05) is 6.61 Å². The van der Waals surface area contributed by atoms with Crippen molar-refractivity contribution in [1.29, 1.82) is 0 Å². The van der Waals surface area contributed by atoms with E-state index in [2.05, 4.69) is 4.99 Å². The molecule has 0 saturated heterocycles. The summed E-state index contributed by atoms with van der Waals surface area (Å²) in [6.07, 6.45) is 1.46. The third kappa shape index (κ3) is 4.71. The second-order valence-electron chi connectivity index (χ2n) is 4.60. The smallest absolute Gasteiger partial charge is 0.341 e. The number of rotatable bonds is 6. The van der Waals surface area contributed by atoms with Gasteiger partial charge in [0.2, 0.25) is 0 Å². The average molecular weight is 368 g/mol. The Morgan fingerprint density at radius 2 is 1.83 bits per heavy atom. The number of nitrogens with zero attached hydrogens (tertiary/aromatic N) is 1. The lowest BCUT2D eigenvalue weighted by atomic mass is 10.2. The average Bonchev–Trinajstić information content (AvgIpc) is 2.52. The molecule has 2 aromatic carbocycles. The first-order chi connectivity index (χ1) is 11.4. The summed E-state index contributed by atoms with van der Waals surface area (Å²) in [4.78, 5) is 25.6. The predicted octanol–water partition coefficient (Wildman–Crippen LogP) is 3.91.